The quantitative estimate of drug-likeness (QED) is 0.790. The number of carbonyl (C=O) groups is 1. The second kappa shape index (κ2) is 5.56. The van der Waals surface area contributed by atoms with Crippen LogP contribution in [0.4, 0.5) is 28.0 Å². The molecular formula is C14H12F4N4O. The molecule has 1 aliphatic rings. The fraction of sp³-hybridized carbons (Fsp3) is 0.286. The van der Waals surface area contributed by atoms with Crippen molar-refractivity contribution in [2.75, 3.05) is 11.9 Å². The third-order valence-electron chi connectivity index (χ3n) is 3.60. The first-order valence-corrected chi connectivity index (χ1v) is 6.80. The van der Waals surface area contributed by atoms with E-state index in [1.165, 1.54) is 23.1 Å². The number of carbonyl (C=O) groups excluding carboxylic acids is 1. The third kappa shape index (κ3) is 2.99. The van der Waals surface area contributed by atoms with Crippen LogP contribution in [-0.4, -0.2) is 27.7 Å². The van der Waals surface area contributed by atoms with Gasteiger partial charge in [-0.1, -0.05) is 12.1 Å². The van der Waals surface area contributed by atoms with E-state index in [0.29, 0.717) is 5.69 Å². The van der Waals surface area contributed by atoms with Gasteiger partial charge in [0.2, 0.25) is 0 Å². The highest BCUT2D eigenvalue weighted by molar-refractivity contribution is 5.89. The zero-order valence-electron chi connectivity index (χ0n) is 11.7. The SMILES string of the molecule is O=C(Nc1ccccc1F)N1CCc2[nH]nc(C(F)(F)F)c2C1. The Morgan fingerprint density at radius 2 is 2.04 bits per heavy atom. The van der Waals surface area contributed by atoms with Gasteiger partial charge in [-0.15, -0.1) is 0 Å². The molecule has 0 spiro atoms. The predicted molar refractivity (Wildman–Crippen MR) is 73.1 cm³/mol. The molecule has 3 rings (SSSR count). The Morgan fingerprint density at radius 1 is 1.30 bits per heavy atom. The van der Waals surface area contributed by atoms with Crippen molar-refractivity contribution in [1.82, 2.24) is 15.1 Å². The molecule has 5 nitrogen and oxygen atoms in total. The van der Waals surface area contributed by atoms with Crippen LogP contribution in [0.15, 0.2) is 24.3 Å². The zero-order valence-corrected chi connectivity index (χ0v) is 11.7. The number of rotatable bonds is 1. The summed E-state index contributed by atoms with van der Waals surface area (Å²) in [4.78, 5) is 13.3. The molecule has 1 aromatic heterocycles. The van der Waals surface area contributed by atoms with Gasteiger partial charge in [0.25, 0.3) is 0 Å². The van der Waals surface area contributed by atoms with E-state index in [-0.39, 0.29) is 30.8 Å². The molecule has 9 heteroatoms. The number of aromatic nitrogens is 2. The topological polar surface area (TPSA) is 61.0 Å². The summed E-state index contributed by atoms with van der Waals surface area (Å²) in [5.41, 5.74) is -0.720. The second-order valence-corrected chi connectivity index (χ2v) is 5.11. The van der Waals surface area contributed by atoms with Gasteiger partial charge in [0, 0.05) is 24.2 Å². The number of alkyl halides is 3. The lowest BCUT2D eigenvalue weighted by Crippen LogP contribution is -2.39. The predicted octanol–water partition coefficient (Wildman–Crippen LogP) is 3.16. The summed E-state index contributed by atoms with van der Waals surface area (Å²) in [6.45, 7) is -0.0201. The number of H-pyrrole nitrogens is 1. The summed E-state index contributed by atoms with van der Waals surface area (Å²) in [5.74, 6) is -0.613. The van der Waals surface area contributed by atoms with Gasteiger partial charge in [0.15, 0.2) is 5.69 Å². The van der Waals surface area contributed by atoms with E-state index in [9.17, 15) is 22.4 Å². The van der Waals surface area contributed by atoms with E-state index >= 15 is 0 Å². The molecule has 0 fully saturated rings. The Bertz CT molecular complexity index is 741. The van der Waals surface area contributed by atoms with Gasteiger partial charge in [0.1, 0.15) is 5.82 Å². The van der Waals surface area contributed by atoms with Crippen LogP contribution in [0.2, 0.25) is 0 Å². The van der Waals surface area contributed by atoms with Crippen LogP contribution < -0.4 is 5.32 Å². The Hall–Kier alpha value is -2.58. The smallest absolute Gasteiger partial charge is 0.320 e. The maximum absolute atomic E-state index is 13.5. The summed E-state index contributed by atoms with van der Waals surface area (Å²) in [5, 5.41) is 8.02. The van der Waals surface area contributed by atoms with E-state index in [1.54, 1.807) is 6.07 Å². The summed E-state index contributed by atoms with van der Waals surface area (Å²) in [6.07, 6.45) is -4.36. The number of urea groups is 1. The lowest BCUT2D eigenvalue weighted by Gasteiger charge is -2.27. The summed E-state index contributed by atoms with van der Waals surface area (Å²) < 4.78 is 52.2. The van der Waals surface area contributed by atoms with E-state index in [2.05, 4.69) is 15.5 Å². The van der Waals surface area contributed by atoms with Crippen LogP contribution in [0.1, 0.15) is 17.0 Å². The van der Waals surface area contributed by atoms with Crippen LogP contribution in [0.25, 0.3) is 0 Å². The monoisotopic (exact) mass is 328 g/mol. The Balaban J connectivity index is 1.78. The first-order chi connectivity index (χ1) is 10.9. The molecule has 1 aliphatic heterocycles. The standard InChI is InChI=1S/C14H12F4N4O/c15-9-3-1-2-4-11(9)19-13(23)22-6-5-10-8(7-22)12(21-20-10)14(16,17)18/h1-4H,5-7H2,(H,19,23)(H,20,21). The fourth-order valence-electron chi connectivity index (χ4n) is 2.46. The molecule has 122 valence electrons. The average molecular weight is 328 g/mol. The Morgan fingerprint density at radius 3 is 2.74 bits per heavy atom. The minimum atomic E-state index is -4.59. The van der Waals surface area contributed by atoms with Crippen molar-refractivity contribution in [2.45, 2.75) is 19.1 Å². The van der Waals surface area contributed by atoms with Crippen LogP contribution in [0.5, 0.6) is 0 Å². The lowest BCUT2D eigenvalue weighted by atomic mass is 10.1. The molecule has 0 atom stereocenters. The molecule has 0 bridgehead atoms. The largest absolute Gasteiger partial charge is 0.435 e. The molecule has 1 aromatic carbocycles. The van der Waals surface area contributed by atoms with E-state index in [0.717, 1.165) is 0 Å². The number of para-hydroxylation sites is 1. The first-order valence-electron chi connectivity index (χ1n) is 6.80. The molecule has 2 N–H and O–H groups in total. The number of fused-ring (bicyclic) bond motifs is 1. The molecule has 2 heterocycles. The minimum absolute atomic E-state index is 0.0217. The molecule has 0 unspecified atom stereocenters. The van der Waals surface area contributed by atoms with Gasteiger partial charge in [-0.05, 0) is 12.1 Å². The van der Waals surface area contributed by atoms with Crippen LogP contribution in [-0.2, 0) is 19.1 Å². The van der Waals surface area contributed by atoms with Crippen molar-refractivity contribution in [2.24, 2.45) is 0 Å². The molecule has 0 saturated heterocycles. The Labute approximate surface area is 128 Å². The first kappa shape index (κ1) is 15.3. The highest BCUT2D eigenvalue weighted by Crippen LogP contribution is 2.34. The number of nitrogens with one attached hydrogen (secondary N) is 2. The van der Waals surface area contributed by atoms with Gasteiger partial charge in [0.05, 0.1) is 12.2 Å². The van der Waals surface area contributed by atoms with Crippen molar-refractivity contribution in [1.29, 1.82) is 0 Å². The van der Waals surface area contributed by atoms with Gasteiger partial charge >= 0.3 is 12.2 Å². The number of hydrogen-bond donors (Lipinski definition) is 2. The van der Waals surface area contributed by atoms with Crippen molar-refractivity contribution in [3.05, 3.63) is 47.0 Å². The molecule has 2 amide bonds. The number of nitrogens with zero attached hydrogens (tertiary/aromatic N) is 2. The van der Waals surface area contributed by atoms with Crippen molar-refractivity contribution < 1.29 is 22.4 Å². The minimum Gasteiger partial charge on any atom is -0.320 e. The molecule has 23 heavy (non-hydrogen) atoms. The number of halogens is 4. The van der Waals surface area contributed by atoms with Crippen LogP contribution >= 0.6 is 0 Å². The van der Waals surface area contributed by atoms with Crippen LogP contribution in [0, 0.1) is 5.82 Å². The summed E-state index contributed by atoms with van der Waals surface area (Å²) in [7, 11) is 0. The van der Waals surface area contributed by atoms with E-state index in [4.69, 9.17) is 0 Å². The van der Waals surface area contributed by atoms with E-state index < -0.39 is 23.7 Å². The number of benzene rings is 1. The van der Waals surface area contributed by atoms with Crippen molar-refractivity contribution in [3.63, 3.8) is 0 Å². The van der Waals surface area contributed by atoms with Gasteiger partial charge in [-0.2, -0.15) is 18.3 Å². The Kier molecular flexibility index (Phi) is 3.70. The highest BCUT2D eigenvalue weighted by atomic mass is 19.4. The number of anilines is 1. The molecule has 0 radical (unpaired) electrons. The van der Waals surface area contributed by atoms with Crippen molar-refractivity contribution in [3.8, 4) is 0 Å². The van der Waals surface area contributed by atoms with Gasteiger partial charge < -0.3 is 10.2 Å². The molecule has 0 saturated carbocycles. The normalized spacial score (nSPS) is 14.5. The van der Waals surface area contributed by atoms with Crippen LogP contribution in [0.3, 0.4) is 0 Å². The average Bonchev–Trinajstić information content (AvgIpc) is 2.92. The number of amides is 2. The van der Waals surface area contributed by atoms with Gasteiger partial charge in [-0.3, -0.25) is 5.10 Å². The molecule has 2 aromatic rings. The van der Waals surface area contributed by atoms with Gasteiger partial charge in [-0.25, -0.2) is 9.18 Å². The summed E-state index contributed by atoms with van der Waals surface area (Å²) in [6, 6.07) is 4.92. The fourth-order valence-corrected chi connectivity index (χ4v) is 2.46. The second-order valence-electron chi connectivity index (χ2n) is 5.11. The molecular weight excluding hydrogens is 316 g/mol. The third-order valence-corrected chi connectivity index (χ3v) is 3.60. The zero-order chi connectivity index (χ0) is 16.6. The molecule has 0 aliphatic carbocycles. The van der Waals surface area contributed by atoms with E-state index in [1.807, 2.05) is 0 Å². The van der Waals surface area contributed by atoms with Crippen molar-refractivity contribution >= 4 is 11.7 Å². The summed E-state index contributed by atoms with van der Waals surface area (Å²) >= 11 is 0. The number of hydrogen-bond acceptors (Lipinski definition) is 2. The maximum Gasteiger partial charge on any atom is 0.435 e. The highest BCUT2D eigenvalue weighted by Gasteiger charge is 2.39. The number of aromatic amines is 1. The maximum atomic E-state index is 13.5. The lowest BCUT2D eigenvalue weighted by molar-refractivity contribution is -0.142.